The molecule has 0 aliphatic carbocycles. The quantitative estimate of drug-likeness (QED) is 0.682. The summed E-state index contributed by atoms with van der Waals surface area (Å²) in [6.45, 7) is 0.809. The van der Waals surface area contributed by atoms with E-state index in [1.807, 2.05) is 25.4 Å². The molecule has 0 fully saturated rings. The highest BCUT2D eigenvalue weighted by atomic mass is 32.1. The summed E-state index contributed by atoms with van der Waals surface area (Å²) in [7, 11) is 3.50. The van der Waals surface area contributed by atoms with E-state index in [0.29, 0.717) is 11.4 Å². The summed E-state index contributed by atoms with van der Waals surface area (Å²) in [5.41, 5.74) is 1.74. The summed E-state index contributed by atoms with van der Waals surface area (Å²) in [5, 5.41) is 7.09. The summed E-state index contributed by atoms with van der Waals surface area (Å²) in [5.74, 6) is -0.940. The van der Waals surface area contributed by atoms with Gasteiger partial charge in [0.05, 0.1) is 10.6 Å². The van der Waals surface area contributed by atoms with E-state index in [2.05, 4.69) is 5.10 Å². The maximum absolute atomic E-state index is 12.7. The first kappa shape index (κ1) is 20.8. The number of aromatic nitrogens is 2. The van der Waals surface area contributed by atoms with Gasteiger partial charge in [0, 0.05) is 31.6 Å². The van der Waals surface area contributed by atoms with Crippen molar-refractivity contribution in [2.24, 2.45) is 7.05 Å². The van der Waals surface area contributed by atoms with Gasteiger partial charge >= 0.3 is 6.18 Å². The van der Waals surface area contributed by atoms with Crippen LogP contribution in [0.4, 0.5) is 13.2 Å². The normalized spacial score (nSPS) is 11.7. The number of nitrogens with one attached hydrogen (secondary N) is 1. The van der Waals surface area contributed by atoms with Crippen LogP contribution >= 0.6 is 11.3 Å². The van der Waals surface area contributed by atoms with Crippen molar-refractivity contribution in [3.05, 3.63) is 52.0 Å². The van der Waals surface area contributed by atoms with Crippen LogP contribution in [-0.4, -0.2) is 46.3 Å². The summed E-state index contributed by atoms with van der Waals surface area (Å²) >= 11 is 1.37. The van der Waals surface area contributed by atoms with Crippen molar-refractivity contribution >= 4 is 33.4 Å². The molecule has 0 spiro atoms. The van der Waals surface area contributed by atoms with E-state index >= 15 is 0 Å². The Balaban J connectivity index is 1.65. The number of halogens is 3. The molecule has 0 saturated carbocycles. The minimum absolute atomic E-state index is 0.125. The number of hydrogen-bond acceptors (Lipinski definition) is 4. The Bertz CT molecular complexity index is 1020. The first-order valence-corrected chi connectivity index (χ1v) is 9.49. The molecule has 1 aromatic carbocycles. The number of thiophene rings is 1. The molecule has 10 heteroatoms. The minimum atomic E-state index is -4.46. The van der Waals surface area contributed by atoms with E-state index in [9.17, 15) is 22.8 Å². The summed E-state index contributed by atoms with van der Waals surface area (Å²) in [6, 6.07) is 7.94. The number of rotatable bonds is 5. The topological polar surface area (TPSA) is 67.2 Å². The van der Waals surface area contributed by atoms with Crippen molar-refractivity contribution in [1.29, 1.82) is 0 Å². The highest BCUT2D eigenvalue weighted by Crippen LogP contribution is 2.28. The van der Waals surface area contributed by atoms with Gasteiger partial charge in [0.1, 0.15) is 11.4 Å². The molecule has 0 saturated heterocycles. The number of alkyl halides is 3. The average molecular weight is 424 g/mol. The number of hydrogen-bond donors (Lipinski definition) is 1. The highest BCUT2D eigenvalue weighted by molar-refractivity contribution is 7.20. The SMILES string of the molecule is Cc1nn(C)c2sc(C(=O)N(C)Cc3ccc(C(=O)NCC(F)(F)F)cc3)cc12. The lowest BCUT2D eigenvalue weighted by atomic mass is 10.1. The zero-order valence-corrected chi connectivity index (χ0v) is 16.8. The summed E-state index contributed by atoms with van der Waals surface area (Å²) in [4.78, 5) is 27.6. The van der Waals surface area contributed by atoms with E-state index in [1.54, 1.807) is 28.8 Å². The van der Waals surface area contributed by atoms with Gasteiger partial charge in [0.15, 0.2) is 0 Å². The number of nitrogens with zero attached hydrogens (tertiary/aromatic N) is 3. The number of aryl methyl sites for hydroxylation is 2. The first-order chi connectivity index (χ1) is 13.5. The molecule has 2 amide bonds. The lowest BCUT2D eigenvalue weighted by molar-refractivity contribution is -0.123. The van der Waals surface area contributed by atoms with Gasteiger partial charge in [-0.2, -0.15) is 18.3 Å². The predicted octanol–water partition coefficient (Wildman–Crippen LogP) is 3.51. The monoisotopic (exact) mass is 424 g/mol. The molecule has 0 bridgehead atoms. The van der Waals surface area contributed by atoms with E-state index < -0.39 is 18.6 Å². The van der Waals surface area contributed by atoms with Crippen molar-refractivity contribution in [3.8, 4) is 0 Å². The van der Waals surface area contributed by atoms with Crippen LogP contribution in [0, 0.1) is 6.92 Å². The van der Waals surface area contributed by atoms with Crippen molar-refractivity contribution in [3.63, 3.8) is 0 Å². The zero-order chi connectivity index (χ0) is 21.3. The minimum Gasteiger partial charge on any atom is -0.343 e. The molecular weight excluding hydrogens is 405 g/mol. The van der Waals surface area contributed by atoms with Crippen LogP contribution < -0.4 is 5.32 Å². The third-order valence-electron chi connectivity index (χ3n) is 4.34. The number of benzene rings is 1. The molecule has 29 heavy (non-hydrogen) atoms. The Morgan fingerprint density at radius 1 is 1.24 bits per heavy atom. The standard InChI is InChI=1S/C19H19F3N4O2S/c1-11-14-8-15(29-18(14)26(3)24-11)17(28)25(2)9-12-4-6-13(7-5-12)16(27)23-10-19(20,21)22/h4-8H,9-10H2,1-3H3,(H,23,27). The Kier molecular flexibility index (Phi) is 5.65. The second kappa shape index (κ2) is 7.86. The molecule has 6 nitrogen and oxygen atoms in total. The average Bonchev–Trinajstić information content (AvgIpc) is 3.20. The van der Waals surface area contributed by atoms with Crippen LogP contribution in [0.25, 0.3) is 10.2 Å². The van der Waals surface area contributed by atoms with Crippen molar-refractivity contribution in [2.75, 3.05) is 13.6 Å². The van der Waals surface area contributed by atoms with Gasteiger partial charge in [-0.15, -0.1) is 11.3 Å². The summed E-state index contributed by atoms with van der Waals surface area (Å²) < 4.78 is 38.3. The van der Waals surface area contributed by atoms with Gasteiger partial charge in [-0.05, 0) is 30.7 Å². The van der Waals surface area contributed by atoms with E-state index in [1.165, 1.54) is 23.5 Å². The van der Waals surface area contributed by atoms with Gasteiger partial charge in [0.25, 0.3) is 11.8 Å². The molecular formula is C19H19F3N4O2S. The molecule has 0 aliphatic rings. The van der Waals surface area contributed by atoms with Crippen LogP contribution in [-0.2, 0) is 13.6 Å². The maximum atomic E-state index is 12.7. The molecule has 0 aliphatic heterocycles. The fourth-order valence-corrected chi connectivity index (χ4v) is 4.01. The summed E-state index contributed by atoms with van der Waals surface area (Å²) in [6.07, 6.45) is -4.46. The molecule has 1 N–H and O–H groups in total. The van der Waals surface area contributed by atoms with Gasteiger partial charge in [0.2, 0.25) is 0 Å². The third kappa shape index (κ3) is 4.76. The fourth-order valence-electron chi connectivity index (χ4n) is 2.89. The Morgan fingerprint density at radius 3 is 2.48 bits per heavy atom. The van der Waals surface area contributed by atoms with Crippen molar-refractivity contribution in [2.45, 2.75) is 19.6 Å². The van der Waals surface area contributed by atoms with Gasteiger partial charge in [-0.1, -0.05) is 12.1 Å². The number of carbonyl (C=O) groups is 2. The molecule has 0 unspecified atom stereocenters. The highest BCUT2D eigenvalue weighted by Gasteiger charge is 2.27. The Labute approximate surface area is 168 Å². The molecule has 0 atom stereocenters. The predicted molar refractivity (Wildman–Crippen MR) is 104 cm³/mol. The van der Waals surface area contributed by atoms with E-state index in [0.717, 1.165) is 21.5 Å². The van der Waals surface area contributed by atoms with Gasteiger partial charge < -0.3 is 10.2 Å². The van der Waals surface area contributed by atoms with Gasteiger partial charge in [-0.25, -0.2) is 0 Å². The lowest BCUT2D eigenvalue weighted by Gasteiger charge is -2.16. The van der Waals surface area contributed by atoms with E-state index in [4.69, 9.17) is 0 Å². The largest absolute Gasteiger partial charge is 0.405 e. The molecule has 154 valence electrons. The van der Waals surface area contributed by atoms with Crippen LogP contribution in [0.2, 0.25) is 0 Å². The van der Waals surface area contributed by atoms with Crippen LogP contribution in [0.15, 0.2) is 30.3 Å². The number of carbonyl (C=O) groups excluding carboxylic acids is 2. The molecule has 3 rings (SSSR count). The Morgan fingerprint density at radius 2 is 1.90 bits per heavy atom. The van der Waals surface area contributed by atoms with Gasteiger partial charge in [-0.3, -0.25) is 14.3 Å². The second-order valence-electron chi connectivity index (χ2n) is 6.69. The Hall–Kier alpha value is -2.88. The smallest absolute Gasteiger partial charge is 0.343 e. The third-order valence-corrected chi connectivity index (χ3v) is 5.53. The number of fused-ring (bicyclic) bond motifs is 1. The first-order valence-electron chi connectivity index (χ1n) is 8.67. The molecule has 0 radical (unpaired) electrons. The molecule has 2 aromatic heterocycles. The van der Waals surface area contributed by atoms with Crippen LogP contribution in [0.3, 0.4) is 0 Å². The fraction of sp³-hybridized carbons (Fsp3) is 0.316. The second-order valence-corrected chi connectivity index (χ2v) is 7.73. The van der Waals surface area contributed by atoms with E-state index in [-0.39, 0.29) is 11.5 Å². The molecule has 3 aromatic rings. The number of amides is 2. The zero-order valence-electron chi connectivity index (χ0n) is 16.0. The van der Waals surface area contributed by atoms with Crippen molar-refractivity contribution < 1.29 is 22.8 Å². The van der Waals surface area contributed by atoms with Crippen molar-refractivity contribution in [1.82, 2.24) is 20.0 Å². The molecule has 2 heterocycles. The lowest BCUT2D eigenvalue weighted by Crippen LogP contribution is -2.33. The maximum Gasteiger partial charge on any atom is 0.405 e. The van der Waals surface area contributed by atoms with Crippen LogP contribution in [0.5, 0.6) is 0 Å². The van der Waals surface area contributed by atoms with Crippen LogP contribution in [0.1, 0.15) is 31.3 Å².